The number of nitrogens with zero attached hydrogens (tertiary/aromatic N) is 3. The van der Waals surface area contributed by atoms with E-state index in [-0.39, 0.29) is 29.8 Å². The van der Waals surface area contributed by atoms with Crippen molar-refractivity contribution in [1.29, 1.82) is 0 Å². The number of carbonyl (C=O) groups excluding carboxylic acids is 2. The van der Waals surface area contributed by atoms with E-state index in [0.29, 0.717) is 17.5 Å². The second-order valence-corrected chi connectivity index (χ2v) is 7.89. The number of thioether (sulfide) groups is 1. The third-order valence-electron chi connectivity index (χ3n) is 4.64. The summed E-state index contributed by atoms with van der Waals surface area (Å²) in [5, 5.41) is 14.4. The fourth-order valence-corrected chi connectivity index (χ4v) is 3.79. The molecule has 32 heavy (non-hydrogen) atoms. The lowest BCUT2D eigenvalue weighted by Gasteiger charge is -2.14. The van der Waals surface area contributed by atoms with Gasteiger partial charge in [-0.15, -0.1) is 16.8 Å². The number of amides is 2. The topological polar surface area (TPSA) is 88.9 Å². The van der Waals surface area contributed by atoms with Gasteiger partial charge in [0.25, 0.3) is 5.91 Å². The summed E-state index contributed by atoms with van der Waals surface area (Å²) in [5.74, 6) is -0.623. The molecule has 7 nitrogen and oxygen atoms in total. The van der Waals surface area contributed by atoms with Crippen LogP contribution >= 0.6 is 11.8 Å². The Morgan fingerprint density at radius 3 is 2.59 bits per heavy atom. The quantitative estimate of drug-likeness (QED) is 0.362. The molecule has 0 bridgehead atoms. The third kappa shape index (κ3) is 6.04. The molecule has 0 saturated heterocycles. The monoisotopic (exact) mass is 453 g/mol. The minimum atomic E-state index is -0.593. The van der Waals surface area contributed by atoms with Gasteiger partial charge in [0.1, 0.15) is 5.82 Å². The molecule has 0 aliphatic carbocycles. The van der Waals surface area contributed by atoms with Crippen LogP contribution < -0.4 is 10.6 Å². The molecule has 2 amide bonds. The molecule has 1 atom stereocenters. The van der Waals surface area contributed by atoms with Crippen molar-refractivity contribution in [3.63, 3.8) is 0 Å². The van der Waals surface area contributed by atoms with Gasteiger partial charge < -0.3 is 15.2 Å². The highest BCUT2D eigenvalue weighted by Gasteiger charge is 2.17. The average Bonchev–Trinajstić information content (AvgIpc) is 3.18. The van der Waals surface area contributed by atoms with Crippen molar-refractivity contribution in [2.45, 2.75) is 31.2 Å². The Kier molecular flexibility index (Phi) is 8.15. The van der Waals surface area contributed by atoms with E-state index in [9.17, 15) is 14.0 Å². The van der Waals surface area contributed by atoms with Gasteiger partial charge >= 0.3 is 0 Å². The molecule has 9 heteroatoms. The molecular formula is C23H24FN5O2S. The van der Waals surface area contributed by atoms with Gasteiger partial charge in [0.05, 0.1) is 23.9 Å². The standard InChI is InChI=1S/C23H24FN5O2S/c1-3-13-29-20(14-25-22(31)18-11-7-8-12-19(18)24)27-28-23(29)32-15-21(30)26-16(2)17-9-5-4-6-10-17/h3-12,16H,1,13-15H2,2H3,(H,25,31)(H,26,30). The van der Waals surface area contributed by atoms with Gasteiger partial charge in [-0.1, -0.05) is 60.3 Å². The van der Waals surface area contributed by atoms with Crippen molar-refractivity contribution >= 4 is 23.6 Å². The van der Waals surface area contributed by atoms with Crippen molar-refractivity contribution in [3.8, 4) is 0 Å². The van der Waals surface area contributed by atoms with E-state index in [4.69, 9.17) is 0 Å². The Balaban J connectivity index is 1.59. The molecule has 0 saturated carbocycles. The lowest BCUT2D eigenvalue weighted by molar-refractivity contribution is -0.119. The number of aromatic nitrogens is 3. The van der Waals surface area contributed by atoms with Crippen LogP contribution in [0.25, 0.3) is 0 Å². The number of benzene rings is 2. The number of rotatable bonds is 10. The van der Waals surface area contributed by atoms with E-state index in [1.807, 2.05) is 37.3 Å². The first-order valence-electron chi connectivity index (χ1n) is 10.0. The summed E-state index contributed by atoms with van der Waals surface area (Å²) >= 11 is 1.24. The van der Waals surface area contributed by atoms with Crippen LogP contribution in [-0.4, -0.2) is 32.3 Å². The molecule has 1 aromatic heterocycles. The van der Waals surface area contributed by atoms with Gasteiger partial charge in [0, 0.05) is 6.54 Å². The normalized spacial score (nSPS) is 11.6. The van der Waals surface area contributed by atoms with Crippen molar-refractivity contribution < 1.29 is 14.0 Å². The molecule has 1 unspecified atom stereocenters. The fraction of sp³-hybridized carbons (Fsp3) is 0.217. The summed E-state index contributed by atoms with van der Waals surface area (Å²) in [4.78, 5) is 24.6. The highest BCUT2D eigenvalue weighted by Crippen LogP contribution is 2.18. The van der Waals surface area contributed by atoms with E-state index in [2.05, 4.69) is 27.4 Å². The van der Waals surface area contributed by atoms with Crippen LogP contribution in [0.3, 0.4) is 0 Å². The summed E-state index contributed by atoms with van der Waals surface area (Å²) in [6.07, 6.45) is 1.67. The molecule has 0 fully saturated rings. The molecule has 1 heterocycles. The maximum Gasteiger partial charge on any atom is 0.254 e. The molecular weight excluding hydrogens is 429 g/mol. The van der Waals surface area contributed by atoms with Gasteiger partial charge in [0.2, 0.25) is 5.91 Å². The summed E-state index contributed by atoms with van der Waals surface area (Å²) in [7, 11) is 0. The zero-order chi connectivity index (χ0) is 22.9. The SMILES string of the molecule is C=CCn1c(CNC(=O)c2ccccc2F)nnc1SCC(=O)NC(C)c1ccccc1. The first-order chi connectivity index (χ1) is 15.5. The van der Waals surface area contributed by atoms with E-state index in [1.165, 1.54) is 30.0 Å². The van der Waals surface area contributed by atoms with Crippen LogP contribution in [0.15, 0.2) is 72.4 Å². The summed E-state index contributed by atoms with van der Waals surface area (Å²) < 4.78 is 15.6. The molecule has 2 aromatic carbocycles. The van der Waals surface area contributed by atoms with Crippen LogP contribution in [-0.2, 0) is 17.9 Å². The molecule has 3 aromatic rings. The molecule has 166 valence electrons. The van der Waals surface area contributed by atoms with Crippen LogP contribution in [0.2, 0.25) is 0 Å². The Morgan fingerprint density at radius 2 is 1.88 bits per heavy atom. The van der Waals surface area contributed by atoms with E-state index >= 15 is 0 Å². The molecule has 3 rings (SSSR count). The van der Waals surface area contributed by atoms with Crippen LogP contribution in [0.1, 0.15) is 34.7 Å². The predicted octanol–water partition coefficient (Wildman–Crippen LogP) is 3.50. The van der Waals surface area contributed by atoms with Crippen molar-refractivity contribution in [1.82, 2.24) is 25.4 Å². The molecule has 0 radical (unpaired) electrons. The number of halogens is 1. The summed E-state index contributed by atoms with van der Waals surface area (Å²) in [6.45, 7) is 6.13. The first-order valence-corrected chi connectivity index (χ1v) is 11.0. The lowest BCUT2D eigenvalue weighted by Crippen LogP contribution is -2.28. The average molecular weight is 454 g/mol. The van der Waals surface area contributed by atoms with Crippen molar-refractivity contribution in [3.05, 3.63) is 90.0 Å². The van der Waals surface area contributed by atoms with E-state index < -0.39 is 11.7 Å². The maximum atomic E-state index is 13.8. The smallest absolute Gasteiger partial charge is 0.254 e. The number of carbonyl (C=O) groups is 2. The van der Waals surface area contributed by atoms with Crippen LogP contribution in [0.4, 0.5) is 4.39 Å². The van der Waals surface area contributed by atoms with Gasteiger partial charge in [-0.05, 0) is 24.6 Å². The van der Waals surface area contributed by atoms with E-state index in [0.717, 1.165) is 5.56 Å². The molecule has 0 aliphatic rings. The van der Waals surface area contributed by atoms with Gasteiger partial charge in [-0.25, -0.2) is 4.39 Å². The van der Waals surface area contributed by atoms with Gasteiger partial charge in [0.15, 0.2) is 11.0 Å². The fourth-order valence-electron chi connectivity index (χ4n) is 3.01. The van der Waals surface area contributed by atoms with Gasteiger partial charge in [-0.3, -0.25) is 9.59 Å². The highest BCUT2D eigenvalue weighted by molar-refractivity contribution is 7.99. The Labute approximate surface area is 190 Å². The van der Waals surface area contributed by atoms with Crippen LogP contribution in [0, 0.1) is 5.82 Å². The summed E-state index contributed by atoms with van der Waals surface area (Å²) in [5.41, 5.74) is 0.981. The highest BCUT2D eigenvalue weighted by atomic mass is 32.2. The minimum absolute atomic E-state index is 0.0407. The lowest BCUT2D eigenvalue weighted by atomic mass is 10.1. The number of allylic oxidation sites excluding steroid dienone is 1. The van der Waals surface area contributed by atoms with Crippen molar-refractivity contribution in [2.75, 3.05) is 5.75 Å². The zero-order valence-corrected chi connectivity index (χ0v) is 18.4. The van der Waals surface area contributed by atoms with Crippen molar-refractivity contribution in [2.24, 2.45) is 0 Å². The Bertz CT molecular complexity index is 1090. The Morgan fingerprint density at radius 1 is 1.16 bits per heavy atom. The van der Waals surface area contributed by atoms with E-state index in [1.54, 1.807) is 16.7 Å². The Hall–Kier alpha value is -3.46. The zero-order valence-electron chi connectivity index (χ0n) is 17.6. The second-order valence-electron chi connectivity index (χ2n) is 6.95. The molecule has 0 spiro atoms. The number of hydrogen-bond acceptors (Lipinski definition) is 5. The van der Waals surface area contributed by atoms with Crippen LogP contribution in [0.5, 0.6) is 0 Å². The number of hydrogen-bond donors (Lipinski definition) is 2. The molecule has 2 N–H and O–H groups in total. The number of nitrogens with one attached hydrogen (secondary N) is 2. The third-order valence-corrected chi connectivity index (χ3v) is 5.61. The first kappa shape index (κ1) is 23.2. The minimum Gasteiger partial charge on any atom is -0.349 e. The second kappa shape index (κ2) is 11.2. The molecule has 0 aliphatic heterocycles. The van der Waals surface area contributed by atoms with Gasteiger partial charge in [-0.2, -0.15) is 0 Å². The summed E-state index contributed by atoms with van der Waals surface area (Å²) in [6, 6.07) is 15.3. The largest absolute Gasteiger partial charge is 0.349 e. The maximum absolute atomic E-state index is 13.8. The predicted molar refractivity (Wildman–Crippen MR) is 122 cm³/mol.